The van der Waals surface area contributed by atoms with Crippen LogP contribution in [0.25, 0.3) is 0 Å². The van der Waals surface area contributed by atoms with Crippen LogP contribution >= 0.6 is 0 Å². The molecular weight excluding hydrogens is 306 g/mol. The third kappa shape index (κ3) is 3.79. The molecule has 1 saturated heterocycles. The lowest BCUT2D eigenvalue weighted by molar-refractivity contribution is 0.0721. The molecular formula is C17H23N5O2. The molecule has 7 nitrogen and oxygen atoms in total. The second-order valence-electron chi connectivity index (χ2n) is 6.32. The van der Waals surface area contributed by atoms with Crippen LogP contribution in [0.2, 0.25) is 0 Å². The van der Waals surface area contributed by atoms with Crippen molar-refractivity contribution in [3.05, 3.63) is 41.5 Å². The minimum absolute atomic E-state index is 0.0562. The number of nitrogens with zero attached hydrogens (tertiary/aromatic N) is 5. The average molecular weight is 329 g/mol. The molecule has 0 N–H and O–H groups in total. The summed E-state index contributed by atoms with van der Waals surface area (Å²) in [5.74, 6) is 1.39. The van der Waals surface area contributed by atoms with Gasteiger partial charge in [-0.3, -0.25) is 4.79 Å². The first kappa shape index (κ1) is 16.6. The van der Waals surface area contributed by atoms with E-state index in [-0.39, 0.29) is 11.8 Å². The summed E-state index contributed by atoms with van der Waals surface area (Å²) in [6.07, 6.45) is 4.12. The van der Waals surface area contributed by atoms with Crippen LogP contribution < -0.4 is 0 Å². The van der Waals surface area contributed by atoms with Gasteiger partial charge in [0.1, 0.15) is 5.82 Å². The van der Waals surface area contributed by atoms with Crippen LogP contribution in [-0.2, 0) is 18.2 Å². The Bertz CT molecular complexity index is 707. The van der Waals surface area contributed by atoms with E-state index in [0.29, 0.717) is 38.5 Å². The second kappa shape index (κ2) is 7.09. The molecule has 7 heteroatoms. The van der Waals surface area contributed by atoms with Gasteiger partial charge in [0.2, 0.25) is 0 Å². The van der Waals surface area contributed by atoms with Crippen molar-refractivity contribution in [1.82, 2.24) is 24.4 Å². The van der Waals surface area contributed by atoms with Crippen LogP contribution in [0, 0.1) is 19.8 Å². The van der Waals surface area contributed by atoms with Crippen LogP contribution in [0.5, 0.6) is 0 Å². The van der Waals surface area contributed by atoms with E-state index in [4.69, 9.17) is 4.74 Å². The number of carbonyl (C=O) groups excluding carboxylic acids is 1. The standard InChI is InChI=1S/C17H23N5O2/c1-12-8-13(2)20-15(19-12)9-14-10-22(6-7-24-11-14)17(23)16-18-4-5-21(16)3/h4-5,8,14H,6-7,9-11H2,1-3H3. The maximum Gasteiger partial charge on any atom is 0.289 e. The van der Waals surface area contributed by atoms with Crippen molar-refractivity contribution in [3.8, 4) is 0 Å². The van der Waals surface area contributed by atoms with E-state index in [2.05, 4.69) is 15.0 Å². The summed E-state index contributed by atoms with van der Waals surface area (Å²) in [5.41, 5.74) is 1.93. The van der Waals surface area contributed by atoms with Gasteiger partial charge in [0.05, 0.1) is 13.2 Å². The van der Waals surface area contributed by atoms with Crippen LogP contribution in [0.1, 0.15) is 27.8 Å². The predicted molar refractivity (Wildman–Crippen MR) is 88.6 cm³/mol. The molecule has 1 unspecified atom stereocenters. The summed E-state index contributed by atoms with van der Waals surface area (Å²) in [6.45, 7) is 6.30. The van der Waals surface area contributed by atoms with Crippen molar-refractivity contribution in [1.29, 1.82) is 0 Å². The molecule has 0 spiro atoms. The topological polar surface area (TPSA) is 73.1 Å². The molecule has 2 aromatic rings. The Morgan fingerprint density at radius 3 is 2.75 bits per heavy atom. The Balaban J connectivity index is 1.73. The van der Waals surface area contributed by atoms with Crippen molar-refractivity contribution in [2.45, 2.75) is 20.3 Å². The van der Waals surface area contributed by atoms with Gasteiger partial charge in [0, 0.05) is 56.3 Å². The predicted octanol–water partition coefficient (Wildman–Crippen LogP) is 1.16. The first-order valence-corrected chi connectivity index (χ1v) is 8.18. The van der Waals surface area contributed by atoms with Gasteiger partial charge in [-0.15, -0.1) is 0 Å². The van der Waals surface area contributed by atoms with E-state index in [1.807, 2.05) is 31.9 Å². The Morgan fingerprint density at radius 2 is 2.08 bits per heavy atom. The van der Waals surface area contributed by atoms with Crippen molar-refractivity contribution < 1.29 is 9.53 Å². The summed E-state index contributed by atoms with van der Waals surface area (Å²) in [4.78, 5) is 27.7. The zero-order valence-corrected chi connectivity index (χ0v) is 14.4. The van der Waals surface area contributed by atoms with E-state index in [1.54, 1.807) is 17.0 Å². The highest BCUT2D eigenvalue weighted by atomic mass is 16.5. The fraction of sp³-hybridized carbons (Fsp3) is 0.529. The number of amides is 1. The highest BCUT2D eigenvalue weighted by molar-refractivity contribution is 5.90. The number of hydrogen-bond acceptors (Lipinski definition) is 5. The van der Waals surface area contributed by atoms with Gasteiger partial charge in [-0.05, 0) is 19.9 Å². The molecule has 3 rings (SSSR count). The summed E-state index contributed by atoms with van der Waals surface area (Å²) in [5, 5.41) is 0. The van der Waals surface area contributed by atoms with Crippen molar-refractivity contribution in [3.63, 3.8) is 0 Å². The summed E-state index contributed by atoms with van der Waals surface area (Å²) in [6, 6.07) is 1.96. The minimum Gasteiger partial charge on any atom is -0.379 e. The monoisotopic (exact) mass is 329 g/mol. The Morgan fingerprint density at radius 1 is 1.33 bits per heavy atom. The summed E-state index contributed by atoms with van der Waals surface area (Å²) < 4.78 is 7.44. The maximum absolute atomic E-state index is 12.7. The van der Waals surface area contributed by atoms with Gasteiger partial charge in [0.15, 0.2) is 5.82 Å². The van der Waals surface area contributed by atoms with Gasteiger partial charge >= 0.3 is 0 Å². The molecule has 1 fully saturated rings. The molecule has 1 atom stereocenters. The molecule has 0 saturated carbocycles. The van der Waals surface area contributed by atoms with Crippen LogP contribution in [-0.4, -0.2) is 56.6 Å². The Labute approximate surface area is 141 Å². The fourth-order valence-corrected chi connectivity index (χ4v) is 3.05. The third-order valence-corrected chi connectivity index (χ3v) is 4.14. The first-order valence-electron chi connectivity index (χ1n) is 8.18. The van der Waals surface area contributed by atoms with Crippen molar-refractivity contribution in [2.24, 2.45) is 13.0 Å². The largest absolute Gasteiger partial charge is 0.379 e. The number of ether oxygens (including phenoxy) is 1. The summed E-state index contributed by atoms with van der Waals surface area (Å²) in [7, 11) is 1.83. The number of aromatic nitrogens is 4. The number of hydrogen-bond donors (Lipinski definition) is 0. The number of carbonyl (C=O) groups is 1. The van der Waals surface area contributed by atoms with E-state index in [9.17, 15) is 4.79 Å². The molecule has 3 heterocycles. The lowest BCUT2D eigenvalue weighted by Gasteiger charge is -2.23. The van der Waals surface area contributed by atoms with Crippen LogP contribution in [0.4, 0.5) is 0 Å². The normalized spacial score (nSPS) is 18.5. The van der Waals surface area contributed by atoms with Crippen LogP contribution in [0.15, 0.2) is 18.5 Å². The maximum atomic E-state index is 12.7. The lowest BCUT2D eigenvalue weighted by Crippen LogP contribution is -2.37. The molecule has 0 aromatic carbocycles. The number of aryl methyl sites for hydroxylation is 3. The number of imidazole rings is 1. The van der Waals surface area contributed by atoms with Crippen molar-refractivity contribution in [2.75, 3.05) is 26.3 Å². The quantitative estimate of drug-likeness (QED) is 0.845. The van der Waals surface area contributed by atoms with Gasteiger partial charge in [-0.1, -0.05) is 0 Å². The smallest absolute Gasteiger partial charge is 0.289 e. The van der Waals surface area contributed by atoms with E-state index >= 15 is 0 Å². The molecule has 0 aliphatic carbocycles. The van der Waals surface area contributed by atoms with Gasteiger partial charge in [-0.25, -0.2) is 15.0 Å². The molecule has 2 aromatic heterocycles. The SMILES string of the molecule is Cc1cc(C)nc(CC2COCCN(C(=O)c3nccn3C)C2)n1. The molecule has 1 aliphatic heterocycles. The van der Waals surface area contributed by atoms with Gasteiger partial charge in [-0.2, -0.15) is 0 Å². The first-order chi connectivity index (χ1) is 11.5. The van der Waals surface area contributed by atoms with Gasteiger partial charge in [0.25, 0.3) is 5.91 Å². The Kier molecular flexibility index (Phi) is 4.89. The van der Waals surface area contributed by atoms with Gasteiger partial charge < -0.3 is 14.2 Å². The van der Waals surface area contributed by atoms with E-state index < -0.39 is 0 Å². The number of rotatable bonds is 3. The highest BCUT2D eigenvalue weighted by Gasteiger charge is 2.26. The van der Waals surface area contributed by atoms with Crippen LogP contribution in [0.3, 0.4) is 0 Å². The zero-order valence-electron chi connectivity index (χ0n) is 14.4. The molecule has 0 bridgehead atoms. The third-order valence-electron chi connectivity index (χ3n) is 4.14. The fourth-order valence-electron chi connectivity index (χ4n) is 3.05. The van der Waals surface area contributed by atoms with E-state index in [0.717, 1.165) is 17.2 Å². The van der Waals surface area contributed by atoms with Crippen molar-refractivity contribution >= 4 is 5.91 Å². The second-order valence-corrected chi connectivity index (χ2v) is 6.32. The molecule has 1 aliphatic rings. The molecule has 0 radical (unpaired) electrons. The zero-order chi connectivity index (χ0) is 17.1. The average Bonchev–Trinajstić information content (AvgIpc) is 2.80. The lowest BCUT2D eigenvalue weighted by atomic mass is 10.1. The minimum atomic E-state index is -0.0562. The molecule has 128 valence electrons. The summed E-state index contributed by atoms with van der Waals surface area (Å²) >= 11 is 0. The Hall–Kier alpha value is -2.28. The van der Waals surface area contributed by atoms with E-state index in [1.165, 1.54) is 0 Å². The highest BCUT2D eigenvalue weighted by Crippen LogP contribution is 2.14. The molecule has 1 amide bonds. The molecule has 24 heavy (non-hydrogen) atoms.